The van der Waals surface area contributed by atoms with Crippen LogP contribution in [0.3, 0.4) is 0 Å². The second-order valence-corrected chi connectivity index (χ2v) is 5.21. The van der Waals surface area contributed by atoms with Gasteiger partial charge in [0.2, 0.25) is 5.56 Å². The maximum Gasteiger partial charge on any atom is 0.417 e. The third kappa shape index (κ3) is 4.18. The van der Waals surface area contributed by atoms with Crippen molar-refractivity contribution in [2.45, 2.75) is 32.1 Å². The van der Waals surface area contributed by atoms with E-state index in [0.717, 1.165) is 12.1 Å². The van der Waals surface area contributed by atoms with E-state index in [0.29, 0.717) is 6.07 Å². The summed E-state index contributed by atoms with van der Waals surface area (Å²) in [6.07, 6.45) is -9.11. The molecule has 1 aromatic heterocycles. The average molecular weight is 349 g/mol. The first-order valence-electron chi connectivity index (χ1n) is 7.01. The molecule has 0 aliphatic rings. The summed E-state index contributed by atoms with van der Waals surface area (Å²) in [6, 6.07) is 4.25. The number of fused-ring (bicyclic) bond motifs is 1. The van der Waals surface area contributed by atoms with Crippen molar-refractivity contribution in [2.75, 3.05) is 0 Å². The zero-order valence-corrected chi connectivity index (χ0v) is 12.5. The summed E-state index contributed by atoms with van der Waals surface area (Å²) in [7, 11) is 0. The van der Waals surface area contributed by atoms with E-state index >= 15 is 0 Å². The normalized spacial score (nSPS) is 13.5. The van der Waals surface area contributed by atoms with Crippen molar-refractivity contribution in [3.63, 3.8) is 0 Å². The lowest BCUT2D eigenvalue weighted by Crippen LogP contribution is -2.14. The number of benzene rings is 1. The molecule has 24 heavy (non-hydrogen) atoms. The Morgan fingerprint density at radius 1 is 1.12 bits per heavy atom. The van der Waals surface area contributed by atoms with Gasteiger partial charge in [-0.1, -0.05) is 19.1 Å². The summed E-state index contributed by atoms with van der Waals surface area (Å²) >= 11 is 0. The molecule has 0 radical (unpaired) electrons. The molecule has 0 aliphatic heterocycles. The molecule has 130 valence electrons. The number of alkyl halides is 6. The second kappa shape index (κ2) is 6.33. The molecule has 1 aromatic carbocycles. The quantitative estimate of drug-likeness (QED) is 0.750. The third-order valence-corrected chi connectivity index (χ3v) is 3.48. The molecule has 0 saturated carbocycles. The van der Waals surface area contributed by atoms with Gasteiger partial charge in [-0.2, -0.15) is 26.3 Å². The van der Waals surface area contributed by atoms with E-state index < -0.39 is 29.9 Å². The van der Waals surface area contributed by atoms with Gasteiger partial charge in [-0.25, -0.2) is 0 Å². The van der Waals surface area contributed by atoms with E-state index in [4.69, 9.17) is 0 Å². The first-order valence-corrected chi connectivity index (χ1v) is 7.01. The minimum absolute atomic E-state index is 0.0233. The highest BCUT2D eigenvalue weighted by Gasteiger charge is 2.33. The van der Waals surface area contributed by atoms with Gasteiger partial charge in [-0.3, -0.25) is 4.79 Å². The zero-order valence-electron chi connectivity index (χ0n) is 12.5. The third-order valence-electron chi connectivity index (χ3n) is 3.48. The van der Waals surface area contributed by atoms with E-state index in [1.54, 1.807) is 6.92 Å². The van der Waals surface area contributed by atoms with Crippen LogP contribution in [0.4, 0.5) is 26.3 Å². The van der Waals surface area contributed by atoms with Gasteiger partial charge in [0.15, 0.2) is 0 Å². The summed E-state index contributed by atoms with van der Waals surface area (Å²) in [5.74, 6) is 0. The van der Waals surface area contributed by atoms with Crippen LogP contribution in [0.1, 0.15) is 30.9 Å². The molecule has 0 spiro atoms. The van der Waals surface area contributed by atoms with Gasteiger partial charge in [0.1, 0.15) is 0 Å². The molecule has 1 N–H and O–H groups in total. The van der Waals surface area contributed by atoms with Crippen LogP contribution < -0.4 is 5.56 Å². The van der Waals surface area contributed by atoms with Gasteiger partial charge in [0, 0.05) is 17.0 Å². The Morgan fingerprint density at radius 3 is 2.33 bits per heavy atom. The second-order valence-electron chi connectivity index (χ2n) is 5.21. The molecule has 2 nitrogen and oxygen atoms in total. The molecule has 8 heteroatoms. The van der Waals surface area contributed by atoms with Crippen LogP contribution in [-0.2, 0) is 6.18 Å². The number of allylic oxidation sites excluding steroid dienone is 2. The van der Waals surface area contributed by atoms with Gasteiger partial charge >= 0.3 is 12.4 Å². The van der Waals surface area contributed by atoms with Gasteiger partial charge in [0.25, 0.3) is 0 Å². The van der Waals surface area contributed by atoms with E-state index in [-0.39, 0.29) is 28.5 Å². The maximum absolute atomic E-state index is 13.1. The van der Waals surface area contributed by atoms with Crippen molar-refractivity contribution in [2.24, 2.45) is 0 Å². The number of rotatable bonds is 3. The van der Waals surface area contributed by atoms with Gasteiger partial charge < -0.3 is 4.98 Å². The number of aromatic amines is 1. The fraction of sp³-hybridized carbons (Fsp3) is 0.312. The van der Waals surface area contributed by atoms with Crippen LogP contribution >= 0.6 is 0 Å². The van der Waals surface area contributed by atoms with Gasteiger partial charge in [0.05, 0.1) is 12.0 Å². The fourth-order valence-electron chi connectivity index (χ4n) is 2.39. The Bertz CT molecular complexity index is 829. The molecule has 0 saturated heterocycles. The van der Waals surface area contributed by atoms with E-state index in [1.807, 2.05) is 0 Å². The highest BCUT2D eigenvalue weighted by molar-refractivity contribution is 5.86. The first kappa shape index (κ1) is 18.1. The Labute approximate surface area is 132 Å². The highest BCUT2D eigenvalue weighted by atomic mass is 19.4. The Hall–Kier alpha value is -2.25. The smallest absolute Gasteiger partial charge is 0.322 e. The number of halogens is 6. The molecule has 0 fully saturated rings. The van der Waals surface area contributed by atoms with Crippen molar-refractivity contribution in [3.8, 4) is 0 Å². The van der Waals surface area contributed by atoms with Crippen molar-refractivity contribution >= 4 is 16.5 Å². The molecule has 2 rings (SSSR count). The molecule has 0 atom stereocenters. The van der Waals surface area contributed by atoms with Gasteiger partial charge in [-0.15, -0.1) is 0 Å². The van der Waals surface area contributed by atoms with Crippen LogP contribution in [0.2, 0.25) is 0 Å². The summed E-state index contributed by atoms with van der Waals surface area (Å²) in [5, 5.41) is -0.258. The van der Waals surface area contributed by atoms with Crippen LogP contribution in [0, 0.1) is 0 Å². The Kier molecular flexibility index (Phi) is 4.77. The number of hydrogen-bond donors (Lipinski definition) is 1. The summed E-state index contributed by atoms with van der Waals surface area (Å²) in [4.78, 5) is 13.6. The highest BCUT2D eigenvalue weighted by Crippen LogP contribution is 2.35. The molecule has 0 bridgehead atoms. The van der Waals surface area contributed by atoms with Crippen LogP contribution in [0.15, 0.2) is 35.1 Å². The van der Waals surface area contributed by atoms with Crippen molar-refractivity contribution < 1.29 is 26.3 Å². The number of nitrogens with one attached hydrogen (secondary N) is 1. The minimum atomic E-state index is -4.74. The Balaban J connectivity index is 2.62. The molecule has 1 heterocycles. The summed E-state index contributed by atoms with van der Waals surface area (Å²) in [5.41, 5.74) is -1.49. The maximum atomic E-state index is 13.1. The zero-order chi connectivity index (χ0) is 18.1. The lowest BCUT2D eigenvalue weighted by Gasteiger charge is -2.13. The SMILES string of the molecule is CC/C(=C\CC(F)(F)F)c1ccc2[nH]c(=O)cc(C(F)(F)F)c2c1. The molecule has 0 amide bonds. The number of hydrogen-bond acceptors (Lipinski definition) is 1. The van der Waals surface area contributed by atoms with Crippen LogP contribution in [0.5, 0.6) is 0 Å². The van der Waals surface area contributed by atoms with Crippen molar-refractivity contribution in [1.29, 1.82) is 0 Å². The summed E-state index contributed by atoms with van der Waals surface area (Å²) in [6.45, 7) is 1.62. The van der Waals surface area contributed by atoms with Crippen molar-refractivity contribution in [3.05, 3.63) is 51.8 Å². The molecular formula is C16H13F6NO. The van der Waals surface area contributed by atoms with Crippen LogP contribution in [0.25, 0.3) is 16.5 Å². The van der Waals surface area contributed by atoms with Gasteiger partial charge in [-0.05, 0) is 29.7 Å². The standard InChI is InChI=1S/C16H13F6NO/c1-2-9(5-6-15(17,18)19)10-3-4-13-11(7-10)12(16(20,21)22)8-14(24)23-13/h3-5,7-8H,2,6H2,1H3,(H,23,24)/b9-5+. The van der Waals surface area contributed by atoms with E-state index in [9.17, 15) is 31.1 Å². The molecule has 0 aliphatic carbocycles. The molecule has 0 unspecified atom stereocenters. The topological polar surface area (TPSA) is 32.9 Å². The van der Waals surface area contributed by atoms with E-state index in [2.05, 4.69) is 4.98 Å². The average Bonchev–Trinajstić information content (AvgIpc) is 2.45. The Morgan fingerprint density at radius 2 is 1.79 bits per heavy atom. The number of aromatic nitrogens is 1. The minimum Gasteiger partial charge on any atom is -0.322 e. The lowest BCUT2D eigenvalue weighted by atomic mass is 9.98. The lowest BCUT2D eigenvalue weighted by molar-refractivity contribution is -0.136. The van der Waals surface area contributed by atoms with Crippen molar-refractivity contribution in [1.82, 2.24) is 4.98 Å². The molecule has 2 aromatic rings. The number of pyridine rings is 1. The first-order chi connectivity index (χ1) is 11.0. The largest absolute Gasteiger partial charge is 0.417 e. The van der Waals surface area contributed by atoms with Crippen LogP contribution in [-0.4, -0.2) is 11.2 Å². The molecular weight excluding hydrogens is 336 g/mol. The summed E-state index contributed by atoms with van der Waals surface area (Å²) < 4.78 is 76.4. The number of H-pyrrole nitrogens is 1. The fourth-order valence-corrected chi connectivity index (χ4v) is 2.39. The predicted molar refractivity (Wildman–Crippen MR) is 78.5 cm³/mol. The predicted octanol–water partition coefficient (Wildman–Crippen LogP) is 5.29. The van der Waals surface area contributed by atoms with E-state index in [1.165, 1.54) is 12.1 Å². The monoisotopic (exact) mass is 349 g/mol.